The lowest BCUT2D eigenvalue weighted by Crippen LogP contribution is -2.30. The van der Waals surface area contributed by atoms with Crippen molar-refractivity contribution in [3.8, 4) is 51.6 Å². The van der Waals surface area contributed by atoms with E-state index in [-0.39, 0.29) is 59.8 Å². The Morgan fingerprint density at radius 2 is 1.46 bits per heavy atom. The summed E-state index contributed by atoms with van der Waals surface area (Å²) in [5, 5.41) is 85.7. The topological polar surface area (TPSA) is 226 Å². The molecule has 0 aliphatic carbocycles. The maximum atomic E-state index is 10.8. The number of non-ortho nitro benzene ring substituents is 1. The lowest BCUT2D eigenvalue weighted by atomic mass is 9.94. The van der Waals surface area contributed by atoms with Crippen molar-refractivity contribution in [1.82, 2.24) is 0 Å². The van der Waals surface area contributed by atoms with Crippen LogP contribution in [0.15, 0.2) is 77.2 Å². The molecule has 242 valence electrons. The zero-order valence-electron chi connectivity index (χ0n) is 24.9. The molecule has 0 spiro atoms. The third kappa shape index (κ3) is 7.29. The molecule has 0 fully saturated rings. The zero-order chi connectivity index (χ0) is 33.0. The van der Waals surface area contributed by atoms with E-state index in [1.807, 2.05) is 0 Å². The van der Waals surface area contributed by atoms with Crippen LogP contribution in [0.4, 0.5) is 5.69 Å². The number of rotatable bonds is 3. The van der Waals surface area contributed by atoms with Gasteiger partial charge in [-0.2, -0.15) is 0 Å². The van der Waals surface area contributed by atoms with Gasteiger partial charge in [0.1, 0.15) is 23.4 Å². The molecule has 0 saturated heterocycles. The van der Waals surface area contributed by atoms with Gasteiger partial charge in [-0.3, -0.25) is 10.1 Å². The van der Waals surface area contributed by atoms with Gasteiger partial charge in [0.15, 0.2) is 23.0 Å². The van der Waals surface area contributed by atoms with Gasteiger partial charge < -0.3 is 53.0 Å². The van der Waals surface area contributed by atoms with E-state index in [9.17, 15) is 45.9 Å². The van der Waals surface area contributed by atoms with Crippen molar-refractivity contribution in [1.29, 1.82) is 0 Å². The molecule has 5 aromatic rings. The molecule has 46 heavy (non-hydrogen) atoms. The van der Waals surface area contributed by atoms with Gasteiger partial charge in [-0.25, -0.2) is 4.42 Å². The van der Waals surface area contributed by atoms with Crippen LogP contribution >= 0.6 is 0 Å². The molecule has 2 heterocycles. The number of benzene rings is 4. The molecule has 1 aliphatic rings. The fourth-order valence-corrected chi connectivity index (χ4v) is 4.76. The smallest absolute Gasteiger partial charge is 0.363 e. The van der Waals surface area contributed by atoms with Gasteiger partial charge in [-0.1, -0.05) is 6.07 Å². The standard InChI is InChI=1S/C16H11NO5.C15H14O6.CH4O.CH3/c1-9-6-11-7-12(17(20)21)3-5-15(11)22-16(9)10-2-4-13(18)14(19)8-10;16-8-4-11(18)9-6-13(20)15(21-14(9)5-8)7-1-2-10(17)12(19)3-7;1-2;/h2-8H,1H3,(H-,18,19);1-5,13,15-20H,6H2;2H,1H3;1H3/q;;;-1/p+1/t;13-,15+;;/m.0../s1. The Balaban J connectivity index is 0.000000233. The number of hydrogen-bond acceptors (Lipinski definition) is 11. The first-order valence-electron chi connectivity index (χ1n) is 13.3. The highest BCUT2D eigenvalue weighted by Gasteiger charge is 2.32. The molecule has 1 aromatic heterocycles. The number of nitro groups is 1. The van der Waals surface area contributed by atoms with Crippen LogP contribution in [0.2, 0.25) is 0 Å². The van der Waals surface area contributed by atoms with Crippen molar-refractivity contribution in [2.75, 3.05) is 7.11 Å². The lowest BCUT2D eigenvalue weighted by Gasteiger charge is -2.31. The summed E-state index contributed by atoms with van der Waals surface area (Å²) < 4.78 is 11.4. The molecule has 0 bridgehead atoms. The third-order valence-electron chi connectivity index (χ3n) is 6.90. The van der Waals surface area contributed by atoms with Crippen molar-refractivity contribution in [3.05, 3.63) is 107 Å². The first kappa shape index (κ1) is 34.7. The summed E-state index contributed by atoms with van der Waals surface area (Å²) in [4.78, 5) is 10.4. The third-order valence-corrected chi connectivity index (χ3v) is 6.90. The minimum atomic E-state index is -0.933. The number of aryl methyl sites for hydroxylation is 1. The number of ether oxygens (including phenoxy) is 1. The Bertz CT molecular complexity index is 1870. The van der Waals surface area contributed by atoms with E-state index in [0.29, 0.717) is 33.4 Å². The SMILES string of the molecule is CO.Cc1cc2cc([N+](=O)[O-])ccc2[o+]c1-c1ccc(O)c(O)c1.Oc1cc(O)c2c(c1)O[C@H](c1ccc(O)c(O)c1)[C@@H](O)C2.[CH3-]. The maximum Gasteiger partial charge on any atom is 0.363 e. The predicted octanol–water partition coefficient (Wildman–Crippen LogP) is 5.61. The van der Waals surface area contributed by atoms with Crippen LogP contribution in [-0.4, -0.2) is 59.0 Å². The average molecular weight is 636 g/mol. The van der Waals surface area contributed by atoms with Crippen LogP contribution in [0.1, 0.15) is 22.8 Å². The number of aliphatic hydroxyl groups excluding tert-OH is 2. The van der Waals surface area contributed by atoms with Gasteiger partial charge in [0, 0.05) is 49.4 Å². The molecular weight excluding hydrogens is 602 g/mol. The van der Waals surface area contributed by atoms with Crippen LogP contribution < -0.4 is 4.74 Å². The summed E-state index contributed by atoms with van der Waals surface area (Å²) in [6, 6.07) is 17.2. The second kappa shape index (κ2) is 14.3. The fraction of sp³-hybridized carbons (Fsp3) is 0.152. The van der Waals surface area contributed by atoms with Crippen LogP contribution in [0, 0.1) is 24.5 Å². The first-order valence-corrected chi connectivity index (χ1v) is 13.3. The second-order valence-corrected chi connectivity index (χ2v) is 9.94. The van der Waals surface area contributed by atoms with Gasteiger partial charge >= 0.3 is 11.3 Å². The van der Waals surface area contributed by atoms with Crippen molar-refractivity contribution in [2.45, 2.75) is 25.6 Å². The number of hydrogen-bond donors (Lipinski definition) is 8. The van der Waals surface area contributed by atoms with E-state index >= 15 is 0 Å². The molecule has 13 heteroatoms. The number of phenols is 6. The van der Waals surface area contributed by atoms with E-state index in [4.69, 9.17) is 14.3 Å². The minimum absolute atomic E-state index is 0. The Labute approximate surface area is 262 Å². The van der Waals surface area contributed by atoms with Crippen LogP contribution in [0.5, 0.6) is 40.2 Å². The molecule has 0 saturated carbocycles. The Morgan fingerprint density at radius 3 is 2.09 bits per heavy atom. The van der Waals surface area contributed by atoms with Crippen LogP contribution in [0.3, 0.4) is 0 Å². The second-order valence-electron chi connectivity index (χ2n) is 9.94. The highest BCUT2D eigenvalue weighted by atomic mass is 16.6. The quantitative estimate of drug-likeness (QED) is 0.0398. The fourth-order valence-electron chi connectivity index (χ4n) is 4.76. The molecule has 2 atom stereocenters. The van der Waals surface area contributed by atoms with Gasteiger partial charge in [-0.05, 0) is 42.8 Å². The highest BCUT2D eigenvalue weighted by molar-refractivity contribution is 5.82. The molecular formula is C33H33NO12. The van der Waals surface area contributed by atoms with E-state index in [2.05, 4.69) is 0 Å². The summed E-state index contributed by atoms with van der Waals surface area (Å²) in [7, 11) is 1.00. The summed E-state index contributed by atoms with van der Waals surface area (Å²) in [5.41, 5.74) is 2.76. The van der Waals surface area contributed by atoms with E-state index < -0.39 is 17.1 Å². The van der Waals surface area contributed by atoms with Gasteiger partial charge in [-0.15, -0.1) is 0 Å². The number of fused-ring (bicyclic) bond motifs is 2. The summed E-state index contributed by atoms with van der Waals surface area (Å²) in [6.07, 6.45) is -1.56. The lowest BCUT2D eigenvalue weighted by molar-refractivity contribution is -0.384. The van der Waals surface area contributed by atoms with Crippen molar-refractivity contribution in [2.24, 2.45) is 0 Å². The molecule has 0 amide bonds. The average Bonchev–Trinajstić information content (AvgIpc) is 3.01. The van der Waals surface area contributed by atoms with Gasteiger partial charge in [0.2, 0.25) is 0 Å². The van der Waals surface area contributed by atoms with Crippen LogP contribution in [0.25, 0.3) is 22.3 Å². The molecule has 0 unspecified atom stereocenters. The Morgan fingerprint density at radius 1 is 0.804 bits per heavy atom. The normalized spacial score (nSPS) is 14.7. The van der Waals surface area contributed by atoms with Crippen molar-refractivity contribution >= 4 is 16.7 Å². The molecule has 0 radical (unpaired) electrons. The molecule has 8 N–H and O–H groups in total. The zero-order valence-corrected chi connectivity index (χ0v) is 24.9. The molecule has 1 aliphatic heterocycles. The monoisotopic (exact) mass is 635 g/mol. The molecule has 13 nitrogen and oxygen atoms in total. The van der Waals surface area contributed by atoms with Crippen LogP contribution in [-0.2, 0) is 6.42 Å². The van der Waals surface area contributed by atoms with Crippen molar-refractivity contribution < 1.29 is 54.9 Å². The minimum Gasteiger partial charge on any atom is -0.508 e. The maximum absolute atomic E-state index is 10.8. The summed E-state index contributed by atoms with van der Waals surface area (Å²) >= 11 is 0. The largest absolute Gasteiger partial charge is 0.508 e. The van der Waals surface area contributed by atoms with Crippen molar-refractivity contribution in [3.63, 3.8) is 0 Å². The van der Waals surface area contributed by atoms with E-state index in [1.165, 1.54) is 60.7 Å². The predicted molar refractivity (Wildman–Crippen MR) is 168 cm³/mol. The first-order chi connectivity index (χ1) is 21.4. The van der Waals surface area contributed by atoms with E-state index in [0.717, 1.165) is 12.7 Å². The van der Waals surface area contributed by atoms with Gasteiger partial charge in [0.05, 0.1) is 33.6 Å². The number of nitro benzene ring substituents is 1. The number of aliphatic hydroxyl groups is 2. The summed E-state index contributed by atoms with van der Waals surface area (Å²) in [6.45, 7) is 1.81. The Kier molecular flexibility index (Phi) is 10.8. The number of nitrogens with zero attached hydrogens (tertiary/aromatic N) is 1. The molecule has 6 rings (SSSR count). The molecule has 4 aromatic carbocycles. The number of phenolic OH excluding ortho intramolecular Hbond substituents is 6. The van der Waals surface area contributed by atoms with E-state index in [1.54, 1.807) is 19.1 Å². The number of aromatic hydroxyl groups is 6. The summed E-state index contributed by atoms with van der Waals surface area (Å²) in [5.74, 6) is -0.515. The highest BCUT2D eigenvalue weighted by Crippen LogP contribution is 2.43. The Hall–Kier alpha value is -5.79. The van der Waals surface area contributed by atoms with Gasteiger partial charge in [0.25, 0.3) is 5.69 Å².